The van der Waals surface area contributed by atoms with Crippen LogP contribution in [0.2, 0.25) is 4.34 Å². The Kier molecular flexibility index (Phi) is 9.58. The number of unbranched alkanes of at least 4 members (excludes halogenated alkanes) is 8. The predicted molar refractivity (Wildman–Crippen MR) is 92.8 cm³/mol. The maximum absolute atomic E-state index is 6.22. The summed E-state index contributed by atoms with van der Waals surface area (Å²) in [4.78, 5) is 1.24. The molecular weight excluding hydrogens is 286 g/mol. The first-order chi connectivity index (χ1) is 9.65. The Balaban J connectivity index is 2.01. The Morgan fingerprint density at radius 1 is 1.05 bits per heavy atom. The summed E-state index contributed by atoms with van der Waals surface area (Å²) in [5.41, 5.74) is 7.39. The maximum atomic E-state index is 6.22. The zero-order chi connectivity index (χ0) is 14.8. The van der Waals surface area contributed by atoms with E-state index in [4.69, 9.17) is 17.3 Å². The van der Waals surface area contributed by atoms with Crippen LogP contribution in [-0.4, -0.2) is 0 Å². The van der Waals surface area contributed by atoms with E-state index in [0.29, 0.717) is 0 Å². The SMILES string of the molecule is CCCCCCCCCCCC(N)c1cc(C)c(Cl)s1. The Morgan fingerprint density at radius 2 is 1.60 bits per heavy atom. The highest BCUT2D eigenvalue weighted by Crippen LogP contribution is 2.32. The highest BCUT2D eigenvalue weighted by molar-refractivity contribution is 7.16. The maximum Gasteiger partial charge on any atom is 0.0960 e. The van der Waals surface area contributed by atoms with E-state index in [0.717, 1.165) is 16.3 Å². The first-order valence-corrected chi connectivity index (χ1v) is 9.36. The van der Waals surface area contributed by atoms with E-state index >= 15 is 0 Å². The second-order valence-corrected chi connectivity index (χ2v) is 7.51. The van der Waals surface area contributed by atoms with Crippen molar-refractivity contribution in [2.24, 2.45) is 5.73 Å². The molecule has 0 amide bonds. The topological polar surface area (TPSA) is 26.0 Å². The number of aryl methyl sites for hydroxylation is 1. The van der Waals surface area contributed by atoms with E-state index < -0.39 is 0 Å². The first kappa shape index (κ1) is 18.0. The van der Waals surface area contributed by atoms with Crippen LogP contribution in [0.1, 0.15) is 87.6 Å². The van der Waals surface area contributed by atoms with Crippen LogP contribution in [0.25, 0.3) is 0 Å². The van der Waals surface area contributed by atoms with Crippen molar-refractivity contribution in [3.05, 3.63) is 20.8 Å². The fourth-order valence-electron chi connectivity index (χ4n) is 2.48. The van der Waals surface area contributed by atoms with Gasteiger partial charge >= 0.3 is 0 Å². The number of halogens is 1. The molecule has 2 N–H and O–H groups in total. The molecule has 0 radical (unpaired) electrons. The zero-order valence-electron chi connectivity index (χ0n) is 13.1. The molecule has 0 fully saturated rings. The average Bonchev–Trinajstić information content (AvgIpc) is 2.77. The molecule has 0 spiro atoms. The Morgan fingerprint density at radius 3 is 2.10 bits per heavy atom. The molecule has 0 aliphatic rings. The molecule has 1 nitrogen and oxygen atoms in total. The highest BCUT2D eigenvalue weighted by Gasteiger charge is 2.10. The molecule has 1 aromatic rings. The number of rotatable bonds is 11. The third kappa shape index (κ3) is 7.10. The van der Waals surface area contributed by atoms with E-state index in [9.17, 15) is 0 Å². The highest BCUT2D eigenvalue weighted by atomic mass is 35.5. The van der Waals surface area contributed by atoms with Gasteiger partial charge in [-0.3, -0.25) is 0 Å². The third-order valence-electron chi connectivity index (χ3n) is 3.86. The fourth-order valence-corrected chi connectivity index (χ4v) is 3.74. The largest absolute Gasteiger partial charge is 0.323 e. The third-order valence-corrected chi connectivity index (χ3v) is 5.55. The van der Waals surface area contributed by atoms with Gasteiger partial charge in [-0.2, -0.15) is 0 Å². The van der Waals surface area contributed by atoms with Crippen LogP contribution < -0.4 is 5.73 Å². The van der Waals surface area contributed by atoms with Crippen LogP contribution in [0.3, 0.4) is 0 Å². The molecule has 116 valence electrons. The van der Waals surface area contributed by atoms with Crippen molar-refractivity contribution >= 4 is 22.9 Å². The minimum absolute atomic E-state index is 0.177. The summed E-state index contributed by atoms with van der Waals surface area (Å²) in [6.07, 6.45) is 13.4. The second-order valence-electron chi connectivity index (χ2n) is 5.83. The first-order valence-electron chi connectivity index (χ1n) is 8.16. The van der Waals surface area contributed by atoms with Crippen molar-refractivity contribution in [2.75, 3.05) is 0 Å². The molecule has 0 aliphatic carbocycles. The van der Waals surface area contributed by atoms with E-state index in [2.05, 4.69) is 13.0 Å². The molecular formula is C17H30ClNS. The molecule has 0 saturated carbocycles. The lowest BCUT2D eigenvalue weighted by atomic mass is 10.0. The predicted octanol–water partition coefficient (Wildman–Crippen LogP) is 6.63. The van der Waals surface area contributed by atoms with Gasteiger partial charge in [-0.05, 0) is 25.0 Å². The minimum Gasteiger partial charge on any atom is -0.323 e. The van der Waals surface area contributed by atoms with Gasteiger partial charge in [0.1, 0.15) is 0 Å². The molecule has 1 rings (SSSR count). The van der Waals surface area contributed by atoms with Gasteiger partial charge in [0.25, 0.3) is 0 Å². The Labute approximate surface area is 133 Å². The van der Waals surface area contributed by atoms with E-state index in [1.54, 1.807) is 11.3 Å². The number of thiophene rings is 1. The van der Waals surface area contributed by atoms with Gasteiger partial charge < -0.3 is 5.73 Å². The Hall–Kier alpha value is -0.0500. The van der Waals surface area contributed by atoms with Gasteiger partial charge in [-0.25, -0.2) is 0 Å². The molecule has 1 atom stereocenters. The van der Waals surface area contributed by atoms with Crippen LogP contribution in [0, 0.1) is 6.92 Å². The summed E-state index contributed by atoms with van der Waals surface area (Å²) in [7, 11) is 0. The van der Waals surface area contributed by atoms with Crippen molar-refractivity contribution in [1.82, 2.24) is 0 Å². The average molecular weight is 316 g/mol. The number of hydrogen-bond donors (Lipinski definition) is 1. The van der Waals surface area contributed by atoms with Crippen LogP contribution in [0.4, 0.5) is 0 Å². The molecule has 1 heterocycles. The molecule has 0 saturated heterocycles. The summed E-state index contributed by atoms with van der Waals surface area (Å²) in [6.45, 7) is 4.32. The van der Waals surface area contributed by atoms with Crippen molar-refractivity contribution in [1.29, 1.82) is 0 Å². The fraction of sp³-hybridized carbons (Fsp3) is 0.765. The molecule has 0 aliphatic heterocycles. The summed E-state index contributed by atoms with van der Waals surface area (Å²) in [5, 5.41) is 0. The molecule has 3 heteroatoms. The lowest BCUT2D eigenvalue weighted by Crippen LogP contribution is -2.08. The van der Waals surface area contributed by atoms with Crippen LogP contribution >= 0.6 is 22.9 Å². The summed E-state index contributed by atoms with van der Waals surface area (Å²) < 4.78 is 0.891. The molecule has 1 unspecified atom stereocenters. The van der Waals surface area contributed by atoms with Crippen LogP contribution in [0.15, 0.2) is 6.07 Å². The summed E-state index contributed by atoms with van der Waals surface area (Å²) in [5.74, 6) is 0. The summed E-state index contributed by atoms with van der Waals surface area (Å²) in [6, 6.07) is 2.32. The lowest BCUT2D eigenvalue weighted by Gasteiger charge is -2.09. The van der Waals surface area contributed by atoms with Crippen molar-refractivity contribution in [3.8, 4) is 0 Å². The van der Waals surface area contributed by atoms with Gasteiger partial charge in [-0.1, -0.05) is 76.3 Å². The van der Waals surface area contributed by atoms with Crippen molar-refractivity contribution < 1.29 is 0 Å². The van der Waals surface area contributed by atoms with Crippen molar-refractivity contribution in [3.63, 3.8) is 0 Å². The standard InChI is InChI=1S/C17H30ClNS/c1-3-4-5-6-7-8-9-10-11-12-15(19)16-13-14(2)17(18)20-16/h13,15H,3-12,19H2,1-2H3. The second kappa shape index (κ2) is 10.6. The van der Waals surface area contributed by atoms with E-state index in [1.807, 2.05) is 6.92 Å². The molecule has 0 aromatic carbocycles. The van der Waals surface area contributed by atoms with Crippen LogP contribution in [0.5, 0.6) is 0 Å². The lowest BCUT2D eigenvalue weighted by molar-refractivity contribution is 0.535. The smallest absolute Gasteiger partial charge is 0.0960 e. The normalized spacial score (nSPS) is 12.8. The molecule has 20 heavy (non-hydrogen) atoms. The van der Waals surface area contributed by atoms with Crippen LogP contribution in [-0.2, 0) is 0 Å². The monoisotopic (exact) mass is 315 g/mol. The minimum atomic E-state index is 0.177. The number of hydrogen-bond acceptors (Lipinski definition) is 2. The Bertz CT molecular complexity index is 342. The quantitative estimate of drug-likeness (QED) is 0.455. The van der Waals surface area contributed by atoms with E-state index in [1.165, 1.54) is 62.7 Å². The van der Waals surface area contributed by atoms with Gasteiger partial charge in [0.2, 0.25) is 0 Å². The zero-order valence-corrected chi connectivity index (χ0v) is 14.7. The van der Waals surface area contributed by atoms with E-state index in [-0.39, 0.29) is 6.04 Å². The van der Waals surface area contributed by atoms with Gasteiger partial charge in [0.05, 0.1) is 4.34 Å². The van der Waals surface area contributed by atoms with Crippen molar-refractivity contribution in [2.45, 2.75) is 84.1 Å². The van der Waals surface area contributed by atoms with Gasteiger partial charge in [0.15, 0.2) is 0 Å². The van der Waals surface area contributed by atoms with Gasteiger partial charge in [-0.15, -0.1) is 11.3 Å². The molecule has 1 aromatic heterocycles. The molecule has 0 bridgehead atoms. The summed E-state index contributed by atoms with van der Waals surface area (Å²) >= 11 is 7.73. The van der Waals surface area contributed by atoms with Gasteiger partial charge in [0, 0.05) is 10.9 Å². The number of nitrogens with two attached hydrogens (primary N) is 1.